The van der Waals surface area contributed by atoms with Crippen molar-refractivity contribution in [2.45, 2.75) is 25.9 Å². The zero-order valence-corrected chi connectivity index (χ0v) is 13.4. The minimum Gasteiger partial charge on any atom is -0.463 e. The molecule has 0 radical (unpaired) electrons. The molecule has 0 fully saturated rings. The molecule has 0 spiro atoms. The predicted molar refractivity (Wildman–Crippen MR) is 90.1 cm³/mol. The first-order valence-corrected chi connectivity index (χ1v) is 8.21. The quantitative estimate of drug-likeness (QED) is 0.742. The van der Waals surface area contributed by atoms with E-state index >= 15 is 0 Å². The number of fused-ring (bicyclic) bond motifs is 1. The van der Waals surface area contributed by atoms with Gasteiger partial charge in [0.25, 0.3) is 0 Å². The molecule has 3 aromatic rings. The summed E-state index contributed by atoms with van der Waals surface area (Å²) < 4.78 is 7.60. The van der Waals surface area contributed by atoms with E-state index in [1.807, 2.05) is 41.4 Å². The SMILES string of the molecule is O=C(CCc1ccccc1)N1CCn2c(-c3ccco3)cnc2C1. The monoisotopic (exact) mass is 321 g/mol. The molecule has 0 saturated carbocycles. The number of hydrogen-bond donors (Lipinski definition) is 0. The maximum atomic E-state index is 12.5. The average Bonchev–Trinajstić information content (AvgIpc) is 3.29. The lowest BCUT2D eigenvalue weighted by Gasteiger charge is -2.28. The second-order valence-corrected chi connectivity index (χ2v) is 5.99. The Morgan fingerprint density at radius 1 is 1.12 bits per heavy atom. The lowest BCUT2D eigenvalue weighted by Crippen LogP contribution is -2.38. The van der Waals surface area contributed by atoms with Crippen molar-refractivity contribution in [3.8, 4) is 11.5 Å². The molecule has 0 N–H and O–H groups in total. The van der Waals surface area contributed by atoms with Gasteiger partial charge < -0.3 is 13.9 Å². The van der Waals surface area contributed by atoms with Crippen molar-refractivity contribution in [1.82, 2.24) is 14.5 Å². The second-order valence-electron chi connectivity index (χ2n) is 5.99. The number of hydrogen-bond acceptors (Lipinski definition) is 3. The van der Waals surface area contributed by atoms with Gasteiger partial charge in [-0.25, -0.2) is 4.98 Å². The van der Waals surface area contributed by atoms with Gasteiger partial charge in [0.15, 0.2) is 5.76 Å². The molecule has 4 rings (SSSR count). The number of amides is 1. The van der Waals surface area contributed by atoms with Crippen LogP contribution in [-0.2, 0) is 24.3 Å². The molecule has 5 nitrogen and oxygen atoms in total. The summed E-state index contributed by atoms with van der Waals surface area (Å²) in [6.45, 7) is 2.03. The first kappa shape index (κ1) is 14.8. The van der Waals surface area contributed by atoms with Crippen LogP contribution in [0.5, 0.6) is 0 Å². The van der Waals surface area contributed by atoms with E-state index in [0.29, 0.717) is 19.5 Å². The van der Waals surface area contributed by atoms with Crippen molar-refractivity contribution < 1.29 is 9.21 Å². The van der Waals surface area contributed by atoms with Crippen molar-refractivity contribution >= 4 is 5.91 Å². The van der Waals surface area contributed by atoms with E-state index in [1.165, 1.54) is 5.56 Å². The Morgan fingerprint density at radius 2 is 2.00 bits per heavy atom. The minimum absolute atomic E-state index is 0.188. The van der Waals surface area contributed by atoms with Crippen LogP contribution in [0.3, 0.4) is 0 Å². The van der Waals surface area contributed by atoms with Crippen LogP contribution in [0, 0.1) is 0 Å². The van der Waals surface area contributed by atoms with Crippen LogP contribution in [0.4, 0.5) is 0 Å². The van der Waals surface area contributed by atoms with E-state index < -0.39 is 0 Å². The van der Waals surface area contributed by atoms with E-state index in [-0.39, 0.29) is 5.91 Å². The highest BCUT2D eigenvalue weighted by atomic mass is 16.3. The Labute approximate surface area is 140 Å². The number of nitrogens with zero attached hydrogens (tertiary/aromatic N) is 3. The Morgan fingerprint density at radius 3 is 2.79 bits per heavy atom. The number of aromatic nitrogens is 2. The van der Waals surface area contributed by atoms with Gasteiger partial charge in [0.2, 0.25) is 5.91 Å². The topological polar surface area (TPSA) is 51.3 Å². The molecule has 0 aliphatic carbocycles. The van der Waals surface area contributed by atoms with E-state index in [9.17, 15) is 4.79 Å². The second kappa shape index (κ2) is 6.35. The third-order valence-corrected chi connectivity index (χ3v) is 4.46. The van der Waals surface area contributed by atoms with Crippen LogP contribution < -0.4 is 0 Å². The molecule has 1 aliphatic rings. The van der Waals surface area contributed by atoms with E-state index in [4.69, 9.17) is 4.42 Å². The summed E-state index contributed by atoms with van der Waals surface area (Å²) in [5.74, 6) is 1.92. The summed E-state index contributed by atoms with van der Waals surface area (Å²) in [5.41, 5.74) is 2.18. The molecule has 5 heteroatoms. The largest absolute Gasteiger partial charge is 0.463 e. The standard InChI is InChI=1S/C19H19N3O2/c23-19(9-8-15-5-2-1-3-6-15)21-10-11-22-16(13-20-18(22)14-21)17-7-4-12-24-17/h1-7,12-13H,8-11,14H2. The molecular weight excluding hydrogens is 302 g/mol. The Bertz CT molecular complexity index is 822. The molecule has 0 atom stereocenters. The van der Waals surface area contributed by atoms with Gasteiger partial charge in [0, 0.05) is 19.5 Å². The molecule has 3 heterocycles. The van der Waals surface area contributed by atoms with Gasteiger partial charge in [0.05, 0.1) is 19.0 Å². The normalized spacial score (nSPS) is 13.8. The van der Waals surface area contributed by atoms with Crippen LogP contribution in [-0.4, -0.2) is 26.9 Å². The highest BCUT2D eigenvalue weighted by Gasteiger charge is 2.24. The fourth-order valence-electron chi connectivity index (χ4n) is 3.15. The zero-order chi connectivity index (χ0) is 16.4. The summed E-state index contributed by atoms with van der Waals surface area (Å²) in [6, 6.07) is 13.9. The van der Waals surface area contributed by atoms with Gasteiger partial charge in [-0.05, 0) is 24.1 Å². The van der Waals surface area contributed by atoms with Gasteiger partial charge in [0.1, 0.15) is 11.5 Å². The summed E-state index contributed by atoms with van der Waals surface area (Å²) in [6.07, 6.45) is 4.81. The number of carbonyl (C=O) groups excluding carboxylic acids is 1. The third kappa shape index (κ3) is 2.85. The molecule has 0 saturated heterocycles. The molecule has 1 amide bonds. The number of rotatable bonds is 4. The minimum atomic E-state index is 0.188. The van der Waals surface area contributed by atoms with Crippen molar-refractivity contribution in [2.75, 3.05) is 6.54 Å². The van der Waals surface area contributed by atoms with Crippen LogP contribution in [0.15, 0.2) is 59.3 Å². The van der Waals surface area contributed by atoms with Gasteiger partial charge in [-0.15, -0.1) is 0 Å². The smallest absolute Gasteiger partial charge is 0.223 e. The average molecular weight is 321 g/mol. The Hall–Kier alpha value is -2.82. The van der Waals surface area contributed by atoms with E-state index in [0.717, 1.165) is 30.2 Å². The van der Waals surface area contributed by atoms with Gasteiger partial charge in [-0.1, -0.05) is 30.3 Å². The Balaban J connectivity index is 1.42. The molecule has 1 aromatic carbocycles. The maximum Gasteiger partial charge on any atom is 0.223 e. The molecule has 24 heavy (non-hydrogen) atoms. The van der Waals surface area contributed by atoms with Gasteiger partial charge >= 0.3 is 0 Å². The lowest BCUT2D eigenvalue weighted by molar-refractivity contribution is -0.132. The summed E-state index contributed by atoms with van der Waals surface area (Å²) in [4.78, 5) is 18.9. The van der Waals surface area contributed by atoms with E-state index in [1.54, 1.807) is 6.26 Å². The summed E-state index contributed by atoms with van der Waals surface area (Å²) >= 11 is 0. The number of carbonyl (C=O) groups is 1. The van der Waals surface area contributed by atoms with Crippen LogP contribution in [0.2, 0.25) is 0 Å². The molecular formula is C19H19N3O2. The molecule has 0 unspecified atom stereocenters. The van der Waals surface area contributed by atoms with Gasteiger partial charge in [-0.3, -0.25) is 4.79 Å². The van der Waals surface area contributed by atoms with Crippen molar-refractivity contribution in [2.24, 2.45) is 0 Å². The molecule has 2 aromatic heterocycles. The maximum absolute atomic E-state index is 12.5. The van der Waals surface area contributed by atoms with Gasteiger partial charge in [-0.2, -0.15) is 0 Å². The first-order valence-electron chi connectivity index (χ1n) is 8.21. The lowest BCUT2D eigenvalue weighted by atomic mass is 10.1. The predicted octanol–water partition coefficient (Wildman–Crippen LogP) is 3.12. The number of aryl methyl sites for hydroxylation is 1. The Kier molecular flexibility index (Phi) is 3.91. The highest BCUT2D eigenvalue weighted by Crippen LogP contribution is 2.24. The first-order chi connectivity index (χ1) is 11.8. The van der Waals surface area contributed by atoms with Crippen LogP contribution in [0.1, 0.15) is 17.8 Å². The van der Waals surface area contributed by atoms with Crippen molar-refractivity contribution in [3.05, 3.63) is 66.3 Å². The van der Waals surface area contributed by atoms with Crippen LogP contribution >= 0.6 is 0 Å². The van der Waals surface area contributed by atoms with Crippen LogP contribution in [0.25, 0.3) is 11.5 Å². The van der Waals surface area contributed by atoms with E-state index in [2.05, 4.69) is 21.7 Å². The highest BCUT2D eigenvalue weighted by molar-refractivity contribution is 5.76. The van der Waals surface area contributed by atoms with Crippen molar-refractivity contribution in [3.63, 3.8) is 0 Å². The number of furan rings is 1. The zero-order valence-electron chi connectivity index (χ0n) is 13.4. The fourth-order valence-corrected chi connectivity index (χ4v) is 3.15. The number of benzene rings is 1. The van der Waals surface area contributed by atoms with Crippen molar-refractivity contribution in [1.29, 1.82) is 0 Å². The summed E-state index contributed by atoms with van der Waals surface area (Å²) in [5, 5.41) is 0. The molecule has 0 bridgehead atoms. The number of imidazole rings is 1. The third-order valence-electron chi connectivity index (χ3n) is 4.46. The molecule has 1 aliphatic heterocycles. The fraction of sp³-hybridized carbons (Fsp3) is 0.263. The molecule has 122 valence electrons. The summed E-state index contributed by atoms with van der Waals surface area (Å²) in [7, 11) is 0.